The van der Waals surface area contributed by atoms with Gasteiger partial charge in [-0.3, -0.25) is 0 Å². The standard InChI is InChI=1S/C12H12Br2ClN3O/c1-19-5-4-18-11(7-13)16-17-12(18)9-3-2-8(15)6-10(9)14/h2-3,6H,4-5,7H2,1H3. The van der Waals surface area contributed by atoms with Gasteiger partial charge in [-0.2, -0.15) is 0 Å². The van der Waals surface area contributed by atoms with Gasteiger partial charge in [0.15, 0.2) is 5.82 Å². The number of benzene rings is 1. The van der Waals surface area contributed by atoms with Gasteiger partial charge in [0.2, 0.25) is 0 Å². The summed E-state index contributed by atoms with van der Waals surface area (Å²) in [4.78, 5) is 0. The van der Waals surface area contributed by atoms with Gasteiger partial charge in [-0.25, -0.2) is 0 Å². The number of methoxy groups -OCH3 is 1. The van der Waals surface area contributed by atoms with Crippen LogP contribution in [-0.2, 0) is 16.6 Å². The number of aromatic nitrogens is 3. The third-order valence-electron chi connectivity index (χ3n) is 2.64. The number of ether oxygens (including phenoxy) is 1. The molecule has 4 nitrogen and oxygen atoms in total. The van der Waals surface area contributed by atoms with Crippen molar-refractivity contribution in [3.8, 4) is 11.4 Å². The molecule has 0 N–H and O–H groups in total. The van der Waals surface area contributed by atoms with Crippen LogP contribution in [0.25, 0.3) is 11.4 Å². The second-order valence-corrected chi connectivity index (χ2v) is 5.69. The quantitative estimate of drug-likeness (QED) is 0.703. The predicted octanol–water partition coefficient (Wildman–Crippen LogP) is 3.90. The fourth-order valence-corrected chi connectivity index (χ4v) is 3.00. The maximum atomic E-state index is 5.96. The Kier molecular flexibility index (Phi) is 5.38. The number of hydrogen-bond acceptors (Lipinski definition) is 3. The van der Waals surface area contributed by atoms with Crippen LogP contribution in [-0.4, -0.2) is 28.5 Å². The van der Waals surface area contributed by atoms with Crippen molar-refractivity contribution >= 4 is 43.5 Å². The topological polar surface area (TPSA) is 39.9 Å². The van der Waals surface area contributed by atoms with Crippen LogP contribution in [0.15, 0.2) is 22.7 Å². The molecule has 0 aliphatic heterocycles. The molecule has 0 atom stereocenters. The third kappa shape index (κ3) is 3.37. The number of halogens is 3. The maximum absolute atomic E-state index is 5.96. The van der Waals surface area contributed by atoms with Crippen molar-refractivity contribution in [2.45, 2.75) is 11.9 Å². The van der Waals surface area contributed by atoms with E-state index in [0.717, 1.165) is 21.7 Å². The summed E-state index contributed by atoms with van der Waals surface area (Å²) in [6.45, 7) is 1.31. The normalized spacial score (nSPS) is 10.9. The summed E-state index contributed by atoms with van der Waals surface area (Å²) in [5.74, 6) is 1.67. The van der Waals surface area contributed by atoms with E-state index in [4.69, 9.17) is 16.3 Å². The first-order chi connectivity index (χ1) is 9.17. The van der Waals surface area contributed by atoms with E-state index >= 15 is 0 Å². The SMILES string of the molecule is COCCn1c(CBr)nnc1-c1ccc(Cl)cc1Br. The van der Waals surface area contributed by atoms with E-state index in [1.807, 2.05) is 22.8 Å². The first kappa shape index (κ1) is 15.0. The van der Waals surface area contributed by atoms with Crippen molar-refractivity contribution in [2.75, 3.05) is 13.7 Å². The molecule has 2 rings (SSSR count). The zero-order valence-electron chi connectivity index (χ0n) is 10.2. The minimum Gasteiger partial charge on any atom is -0.383 e. The van der Waals surface area contributed by atoms with Crippen LogP contribution < -0.4 is 0 Å². The van der Waals surface area contributed by atoms with Gasteiger partial charge in [-0.1, -0.05) is 27.5 Å². The zero-order valence-corrected chi connectivity index (χ0v) is 14.2. The first-order valence-corrected chi connectivity index (χ1v) is 7.89. The average Bonchev–Trinajstić information content (AvgIpc) is 2.79. The van der Waals surface area contributed by atoms with Gasteiger partial charge < -0.3 is 9.30 Å². The van der Waals surface area contributed by atoms with Crippen molar-refractivity contribution in [3.63, 3.8) is 0 Å². The van der Waals surface area contributed by atoms with Crippen molar-refractivity contribution in [3.05, 3.63) is 33.5 Å². The highest BCUT2D eigenvalue weighted by Gasteiger charge is 2.15. The monoisotopic (exact) mass is 407 g/mol. The van der Waals surface area contributed by atoms with E-state index in [0.29, 0.717) is 23.5 Å². The lowest BCUT2D eigenvalue weighted by Crippen LogP contribution is -2.09. The highest BCUT2D eigenvalue weighted by molar-refractivity contribution is 9.10. The Hall–Kier alpha value is -0.430. The molecule has 7 heteroatoms. The summed E-state index contributed by atoms with van der Waals surface area (Å²) >= 11 is 12.9. The molecule has 102 valence electrons. The Morgan fingerprint density at radius 1 is 1.37 bits per heavy atom. The van der Waals surface area contributed by atoms with Gasteiger partial charge in [0, 0.05) is 28.7 Å². The average molecular weight is 410 g/mol. The van der Waals surface area contributed by atoms with Crippen LogP contribution in [0.5, 0.6) is 0 Å². The number of hydrogen-bond donors (Lipinski definition) is 0. The summed E-state index contributed by atoms with van der Waals surface area (Å²) in [6, 6.07) is 5.61. The van der Waals surface area contributed by atoms with Gasteiger partial charge in [-0.05, 0) is 34.1 Å². The van der Waals surface area contributed by atoms with Gasteiger partial charge in [0.1, 0.15) is 5.82 Å². The lowest BCUT2D eigenvalue weighted by molar-refractivity contribution is 0.187. The van der Waals surface area contributed by atoms with E-state index in [2.05, 4.69) is 42.1 Å². The molecule has 0 saturated heterocycles. The lowest BCUT2D eigenvalue weighted by Gasteiger charge is -2.10. The zero-order chi connectivity index (χ0) is 13.8. The molecule has 0 aliphatic carbocycles. The Bertz CT molecular complexity index is 574. The molecular weight excluding hydrogens is 397 g/mol. The van der Waals surface area contributed by atoms with Crippen LogP contribution in [0.3, 0.4) is 0 Å². The Morgan fingerprint density at radius 2 is 2.16 bits per heavy atom. The molecule has 0 fully saturated rings. The largest absolute Gasteiger partial charge is 0.383 e. The molecule has 0 aliphatic rings. The molecule has 0 bridgehead atoms. The molecule has 1 aromatic carbocycles. The molecule has 1 aromatic heterocycles. The van der Waals surface area contributed by atoms with Crippen LogP contribution in [0, 0.1) is 0 Å². The molecule has 0 saturated carbocycles. The molecule has 19 heavy (non-hydrogen) atoms. The van der Waals surface area contributed by atoms with Gasteiger partial charge in [0.25, 0.3) is 0 Å². The van der Waals surface area contributed by atoms with Crippen LogP contribution >= 0.6 is 43.5 Å². The van der Waals surface area contributed by atoms with E-state index in [9.17, 15) is 0 Å². The highest BCUT2D eigenvalue weighted by atomic mass is 79.9. The predicted molar refractivity (Wildman–Crippen MR) is 82.7 cm³/mol. The minimum absolute atomic E-state index is 0.607. The van der Waals surface area contributed by atoms with E-state index in [1.54, 1.807) is 7.11 Å². The van der Waals surface area contributed by atoms with Gasteiger partial charge >= 0.3 is 0 Å². The van der Waals surface area contributed by atoms with Gasteiger partial charge in [0.05, 0.1) is 11.9 Å². The molecule has 2 aromatic rings. The smallest absolute Gasteiger partial charge is 0.165 e. The minimum atomic E-state index is 0.607. The van der Waals surface area contributed by atoms with Crippen molar-refractivity contribution in [1.29, 1.82) is 0 Å². The van der Waals surface area contributed by atoms with E-state index < -0.39 is 0 Å². The second-order valence-electron chi connectivity index (χ2n) is 3.84. The summed E-state index contributed by atoms with van der Waals surface area (Å²) in [5.41, 5.74) is 0.959. The molecular formula is C12H12Br2ClN3O. The second kappa shape index (κ2) is 6.83. The molecule has 0 spiro atoms. The van der Waals surface area contributed by atoms with E-state index in [-0.39, 0.29) is 0 Å². The number of alkyl halides is 1. The Labute approximate surface area is 133 Å². The molecule has 0 amide bonds. The first-order valence-electron chi connectivity index (χ1n) is 5.59. The van der Waals surface area contributed by atoms with Gasteiger partial charge in [-0.15, -0.1) is 10.2 Å². The lowest BCUT2D eigenvalue weighted by atomic mass is 10.2. The highest BCUT2D eigenvalue weighted by Crippen LogP contribution is 2.30. The van der Waals surface area contributed by atoms with E-state index in [1.165, 1.54) is 0 Å². The summed E-state index contributed by atoms with van der Waals surface area (Å²) in [7, 11) is 1.68. The van der Waals surface area contributed by atoms with Crippen LogP contribution in [0.4, 0.5) is 0 Å². The van der Waals surface area contributed by atoms with Crippen LogP contribution in [0.2, 0.25) is 5.02 Å². The summed E-state index contributed by atoms with van der Waals surface area (Å²) < 4.78 is 8.06. The fraction of sp³-hybridized carbons (Fsp3) is 0.333. The summed E-state index contributed by atoms with van der Waals surface area (Å²) in [6.07, 6.45) is 0. The number of nitrogens with zero attached hydrogens (tertiary/aromatic N) is 3. The van der Waals surface area contributed by atoms with Crippen molar-refractivity contribution in [1.82, 2.24) is 14.8 Å². The van der Waals surface area contributed by atoms with Crippen LogP contribution in [0.1, 0.15) is 5.82 Å². The van der Waals surface area contributed by atoms with Crippen molar-refractivity contribution in [2.24, 2.45) is 0 Å². The molecule has 0 radical (unpaired) electrons. The number of rotatable bonds is 5. The van der Waals surface area contributed by atoms with Crippen molar-refractivity contribution < 1.29 is 4.74 Å². The fourth-order valence-electron chi connectivity index (χ4n) is 1.72. The third-order valence-corrected chi connectivity index (χ3v) is 4.03. The Balaban J connectivity index is 2.46. The summed E-state index contributed by atoms with van der Waals surface area (Å²) in [5, 5.41) is 9.77. The molecule has 0 unspecified atom stereocenters. The maximum Gasteiger partial charge on any atom is 0.165 e. The Morgan fingerprint density at radius 3 is 2.79 bits per heavy atom. The molecule has 1 heterocycles.